The van der Waals surface area contributed by atoms with Gasteiger partial charge < -0.3 is 19.4 Å². The standard InChI is InChI=1S/C28H32ClN5O3/c1-21-4-6-22(7-5-21)25-12-13-26(31-30-25)32-14-3-15-33(17-16-32)27(35)20-34(18-19-37-2)28(36)23-8-10-24(29)11-9-23/h4-13H,3,14-20H2,1-2H3. The van der Waals surface area contributed by atoms with Crippen molar-refractivity contribution in [3.05, 3.63) is 76.8 Å². The van der Waals surface area contributed by atoms with E-state index in [1.807, 2.05) is 29.2 Å². The third-order valence-corrected chi connectivity index (χ3v) is 6.69. The van der Waals surface area contributed by atoms with Crippen LogP contribution in [-0.2, 0) is 9.53 Å². The minimum Gasteiger partial charge on any atom is -0.383 e. The average Bonchev–Trinajstić information content (AvgIpc) is 3.18. The molecule has 37 heavy (non-hydrogen) atoms. The van der Waals surface area contributed by atoms with Gasteiger partial charge >= 0.3 is 0 Å². The molecule has 1 fully saturated rings. The van der Waals surface area contributed by atoms with Gasteiger partial charge in [-0.1, -0.05) is 41.4 Å². The lowest BCUT2D eigenvalue weighted by Crippen LogP contribution is -2.45. The van der Waals surface area contributed by atoms with Crippen molar-refractivity contribution in [1.82, 2.24) is 20.0 Å². The van der Waals surface area contributed by atoms with E-state index in [9.17, 15) is 9.59 Å². The highest BCUT2D eigenvalue weighted by atomic mass is 35.5. The Hall–Kier alpha value is -3.49. The Labute approximate surface area is 222 Å². The van der Waals surface area contributed by atoms with Crippen molar-refractivity contribution in [3.8, 4) is 11.3 Å². The smallest absolute Gasteiger partial charge is 0.254 e. The topological polar surface area (TPSA) is 78.9 Å². The molecule has 8 nitrogen and oxygen atoms in total. The Balaban J connectivity index is 1.37. The first-order valence-corrected chi connectivity index (χ1v) is 12.8. The number of hydrogen-bond acceptors (Lipinski definition) is 6. The first-order chi connectivity index (χ1) is 17.9. The molecule has 0 bridgehead atoms. The molecule has 2 heterocycles. The van der Waals surface area contributed by atoms with Gasteiger partial charge in [0.05, 0.1) is 12.3 Å². The van der Waals surface area contributed by atoms with Gasteiger partial charge in [-0.25, -0.2) is 0 Å². The SMILES string of the molecule is COCCN(CC(=O)N1CCCN(c2ccc(-c3ccc(C)cc3)nn2)CC1)C(=O)c1ccc(Cl)cc1. The highest BCUT2D eigenvalue weighted by Crippen LogP contribution is 2.20. The second-order valence-corrected chi connectivity index (χ2v) is 9.53. The second-order valence-electron chi connectivity index (χ2n) is 9.09. The average molecular weight is 522 g/mol. The van der Waals surface area contributed by atoms with E-state index in [1.165, 1.54) is 10.5 Å². The zero-order valence-electron chi connectivity index (χ0n) is 21.3. The monoisotopic (exact) mass is 521 g/mol. The Morgan fingerprint density at radius 3 is 2.38 bits per heavy atom. The van der Waals surface area contributed by atoms with Crippen molar-refractivity contribution >= 4 is 29.2 Å². The van der Waals surface area contributed by atoms with Gasteiger partial charge in [0, 0.05) is 56.0 Å². The highest BCUT2D eigenvalue weighted by molar-refractivity contribution is 6.30. The van der Waals surface area contributed by atoms with Gasteiger partial charge in [0.15, 0.2) is 5.82 Å². The minimum absolute atomic E-state index is 0.00410. The number of carbonyl (C=O) groups is 2. The lowest BCUT2D eigenvalue weighted by atomic mass is 10.1. The molecule has 0 atom stereocenters. The van der Waals surface area contributed by atoms with E-state index in [0.29, 0.717) is 43.4 Å². The summed E-state index contributed by atoms with van der Waals surface area (Å²) in [5.74, 6) is 0.494. The molecule has 1 aliphatic rings. The van der Waals surface area contributed by atoms with E-state index in [1.54, 1.807) is 31.4 Å². The predicted octanol–water partition coefficient (Wildman–Crippen LogP) is 3.93. The Bertz CT molecular complexity index is 1190. The van der Waals surface area contributed by atoms with E-state index < -0.39 is 0 Å². The van der Waals surface area contributed by atoms with Gasteiger partial charge in [0.2, 0.25) is 5.91 Å². The lowest BCUT2D eigenvalue weighted by molar-refractivity contribution is -0.131. The molecule has 3 aromatic rings. The maximum atomic E-state index is 13.2. The maximum absolute atomic E-state index is 13.2. The number of rotatable bonds is 8. The van der Waals surface area contributed by atoms with E-state index in [4.69, 9.17) is 16.3 Å². The summed E-state index contributed by atoms with van der Waals surface area (Å²) in [4.78, 5) is 31.8. The molecule has 0 unspecified atom stereocenters. The summed E-state index contributed by atoms with van der Waals surface area (Å²) in [5, 5.41) is 9.43. The van der Waals surface area contributed by atoms with Gasteiger partial charge in [-0.2, -0.15) is 0 Å². The third-order valence-electron chi connectivity index (χ3n) is 6.44. The van der Waals surface area contributed by atoms with Crippen LogP contribution < -0.4 is 4.90 Å². The van der Waals surface area contributed by atoms with E-state index in [0.717, 1.165) is 30.0 Å². The normalized spacial score (nSPS) is 13.8. The van der Waals surface area contributed by atoms with Crippen molar-refractivity contribution in [1.29, 1.82) is 0 Å². The Morgan fingerprint density at radius 2 is 1.70 bits per heavy atom. The number of aryl methyl sites for hydroxylation is 1. The fraction of sp³-hybridized carbons (Fsp3) is 0.357. The molecule has 194 valence electrons. The fourth-order valence-electron chi connectivity index (χ4n) is 4.26. The van der Waals surface area contributed by atoms with Crippen LogP contribution in [0.5, 0.6) is 0 Å². The summed E-state index contributed by atoms with van der Waals surface area (Å²) in [6, 6.07) is 18.9. The number of benzene rings is 2. The molecule has 0 spiro atoms. The first-order valence-electron chi connectivity index (χ1n) is 12.4. The summed E-state index contributed by atoms with van der Waals surface area (Å²) < 4.78 is 5.17. The zero-order valence-corrected chi connectivity index (χ0v) is 22.0. The number of anilines is 1. The Kier molecular flexibility index (Phi) is 9.09. The van der Waals surface area contributed by atoms with Crippen LogP contribution in [0.1, 0.15) is 22.3 Å². The summed E-state index contributed by atoms with van der Waals surface area (Å²) >= 11 is 5.96. The van der Waals surface area contributed by atoms with Crippen molar-refractivity contribution in [2.75, 3.05) is 57.9 Å². The molecular formula is C28H32ClN5O3. The molecule has 0 aliphatic carbocycles. The maximum Gasteiger partial charge on any atom is 0.254 e. The predicted molar refractivity (Wildman–Crippen MR) is 145 cm³/mol. The van der Waals surface area contributed by atoms with Crippen LogP contribution in [0.25, 0.3) is 11.3 Å². The van der Waals surface area contributed by atoms with Crippen molar-refractivity contribution in [2.45, 2.75) is 13.3 Å². The molecule has 2 amide bonds. The minimum atomic E-state index is -0.220. The summed E-state index contributed by atoms with van der Waals surface area (Å²) in [5.41, 5.74) is 3.55. The molecule has 1 aliphatic heterocycles. The third kappa shape index (κ3) is 7.05. The van der Waals surface area contributed by atoms with Crippen molar-refractivity contribution in [2.24, 2.45) is 0 Å². The van der Waals surface area contributed by atoms with Gasteiger partial charge in [-0.3, -0.25) is 9.59 Å². The summed E-state index contributed by atoms with van der Waals surface area (Å²) in [6.07, 6.45) is 0.802. The van der Waals surface area contributed by atoms with E-state index in [-0.39, 0.29) is 18.4 Å². The quantitative estimate of drug-likeness (QED) is 0.447. The number of nitrogens with zero attached hydrogens (tertiary/aromatic N) is 5. The molecule has 9 heteroatoms. The highest BCUT2D eigenvalue weighted by Gasteiger charge is 2.24. The van der Waals surface area contributed by atoms with Crippen LogP contribution in [-0.4, -0.2) is 84.8 Å². The fourth-order valence-corrected chi connectivity index (χ4v) is 4.39. The Morgan fingerprint density at radius 1 is 0.946 bits per heavy atom. The summed E-state index contributed by atoms with van der Waals surface area (Å²) in [6.45, 7) is 5.32. The molecule has 2 aromatic carbocycles. The van der Waals surface area contributed by atoms with E-state index >= 15 is 0 Å². The molecule has 1 saturated heterocycles. The summed E-state index contributed by atoms with van der Waals surface area (Å²) in [7, 11) is 1.58. The van der Waals surface area contributed by atoms with Crippen LogP contribution in [0.3, 0.4) is 0 Å². The van der Waals surface area contributed by atoms with Crippen LogP contribution in [0, 0.1) is 6.92 Å². The number of amides is 2. The number of carbonyl (C=O) groups excluding carboxylic acids is 2. The molecule has 1 aromatic heterocycles. The second kappa shape index (κ2) is 12.7. The largest absolute Gasteiger partial charge is 0.383 e. The van der Waals surface area contributed by atoms with Gasteiger partial charge in [0.1, 0.15) is 6.54 Å². The van der Waals surface area contributed by atoms with Crippen LogP contribution in [0.4, 0.5) is 5.82 Å². The van der Waals surface area contributed by atoms with Gasteiger partial charge in [-0.15, -0.1) is 10.2 Å². The zero-order chi connectivity index (χ0) is 26.2. The van der Waals surface area contributed by atoms with Gasteiger partial charge in [0.25, 0.3) is 5.91 Å². The number of methoxy groups -OCH3 is 1. The van der Waals surface area contributed by atoms with E-state index in [2.05, 4.69) is 34.2 Å². The molecule has 4 rings (SSSR count). The van der Waals surface area contributed by atoms with Crippen LogP contribution in [0.15, 0.2) is 60.7 Å². The van der Waals surface area contributed by atoms with Gasteiger partial charge in [-0.05, 0) is 49.7 Å². The van der Waals surface area contributed by atoms with Crippen LogP contribution >= 0.6 is 11.6 Å². The van der Waals surface area contributed by atoms with Crippen LogP contribution in [0.2, 0.25) is 5.02 Å². The lowest BCUT2D eigenvalue weighted by Gasteiger charge is -2.27. The molecular weight excluding hydrogens is 490 g/mol. The van der Waals surface area contributed by atoms with Crippen molar-refractivity contribution in [3.63, 3.8) is 0 Å². The number of halogens is 1. The van der Waals surface area contributed by atoms with Crippen molar-refractivity contribution < 1.29 is 14.3 Å². The molecule has 0 radical (unpaired) electrons. The molecule has 0 saturated carbocycles. The molecule has 0 N–H and O–H groups in total. The number of aromatic nitrogens is 2. The number of hydrogen-bond donors (Lipinski definition) is 0. The number of ether oxygens (including phenoxy) is 1. The first kappa shape index (κ1) is 26.6.